The van der Waals surface area contributed by atoms with Gasteiger partial charge in [0.05, 0.1) is 0 Å². The molecule has 1 aromatic carbocycles. The van der Waals surface area contributed by atoms with Gasteiger partial charge in [-0.25, -0.2) is 0 Å². The van der Waals surface area contributed by atoms with Crippen LogP contribution in [0.25, 0.3) is 0 Å². The Labute approximate surface area is 119 Å². The second-order valence-electron chi connectivity index (χ2n) is 6.28. The Balaban J connectivity index is 1.75. The summed E-state index contributed by atoms with van der Waals surface area (Å²) in [6.07, 6.45) is 0. The number of benzene rings is 1. The van der Waals surface area contributed by atoms with E-state index in [0.717, 1.165) is 37.5 Å². The number of nitrogens with zero attached hydrogens (tertiary/aromatic N) is 2. The Morgan fingerprint density at radius 1 is 1.20 bits per heavy atom. The molecule has 2 aliphatic rings. The van der Waals surface area contributed by atoms with Crippen LogP contribution < -0.4 is 9.47 Å². The lowest BCUT2D eigenvalue weighted by molar-refractivity contribution is 0.0356. The number of hydrogen-bond donors (Lipinski definition) is 1. The van der Waals surface area contributed by atoms with Gasteiger partial charge >= 0.3 is 0 Å². The normalized spacial score (nSPS) is 22.1. The number of ether oxygens (including phenoxy) is 2. The van der Waals surface area contributed by atoms with Gasteiger partial charge in [0.25, 0.3) is 0 Å². The molecule has 0 aromatic heterocycles. The highest BCUT2D eigenvalue weighted by Crippen LogP contribution is 2.38. The zero-order chi connectivity index (χ0) is 14.3. The van der Waals surface area contributed by atoms with Crippen LogP contribution in [0.3, 0.4) is 0 Å². The van der Waals surface area contributed by atoms with E-state index in [1.807, 2.05) is 6.07 Å². The lowest BCUT2D eigenvalue weighted by Crippen LogP contribution is -2.57. The van der Waals surface area contributed by atoms with Crippen molar-refractivity contribution in [2.75, 3.05) is 33.5 Å². The van der Waals surface area contributed by atoms with Crippen LogP contribution in [0.5, 0.6) is 17.2 Å². The molecule has 3 rings (SSSR count). The maximum atomic E-state index is 10.1. The summed E-state index contributed by atoms with van der Waals surface area (Å²) in [6.45, 7) is 8.50. The lowest BCUT2D eigenvalue weighted by Gasteiger charge is -2.45. The van der Waals surface area contributed by atoms with E-state index in [-0.39, 0.29) is 18.1 Å². The topological polar surface area (TPSA) is 45.2 Å². The predicted octanol–water partition coefficient (Wildman–Crippen LogP) is 1.65. The molecule has 0 amide bonds. The molecule has 0 aliphatic carbocycles. The molecule has 1 N–H and O–H groups in total. The minimum atomic E-state index is 0.157. The first-order chi connectivity index (χ1) is 9.45. The van der Waals surface area contributed by atoms with E-state index in [9.17, 15) is 5.11 Å². The fourth-order valence-corrected chi connectivity index (χ4v) is 2.82. The fourth-order valence-electron chi connectivity index (χ4n) is 2.82. The summed E-state index contributed by atoms with van der Waals surface area (Å²) in [5.41, 5.74) is 1.05. The van der Waals surface area contributed by atoms with Gasteiger partial charge in [0.2, 0.25) is 6.79 Å². The van der Waals surface area contributed by atoms with Crippen molar-refractivity contribution in [3.63, 3.8) is 0 Å². The van der Waals surface area contributed by atoms with Crippen molar-refractivity contribution in [2.45, 2.75) is 25.9 Å². The van der Waals surface area contributed by atoms with E-state index in [4.69, 9.17) is 9.47 Å². The highest BCUT2D eigenvalue weighted by atomic mass is 16.7. The van der Waals surface area contributed by atoms with Gasteiger partial charge in [-0.1, -0.05) is 0 Å². The molecule has 0 radical (unpaired) electrons. The lowest BCUT2D eigenvalue weighted by atomic mass is 9.99. The molecule has 0 atom stereocenters. The third kappa shape index (κ3) is 2.43. The van der Waals surface area contributed by atoms with Crippen molar-refractivity contribution in [3.8, 4) is 17.2 Å². The largest absolute Gasteiger partial charge is 0.507 e. The monoisotopic (exact) mass is 278 g/mol. The van der Waals surface area contributed by atoms with Gasteiger partial charge in [-0.15, -0.1) is 0 Å². The number of piperazine rings is 1. The second-order valence-corrected chi connectivity index (χ2v) is 6.28. The third-order valence-electron chi connectivity index (χ3n) is 4.36. The van der Waals surface area contributed by atoms with Crippen LogP contribution in [0.4, 0.5) is 0 Å². The Morgan fingerprint density at radius 2 is 1.90 bits per heavy atom. The molecule has 2 aliphatic heterocycles. The van der Waals surface area contributed by atoms with Crippen LogP contribution in [0.15, 0.2) is 12.1 Å². The summed E-state index contributed by atoms with van der Waals surface area (Å²) in [5.74, 6) is 1.64. The second kappa shape index (κ2) is 4.82. The van der Waals surface area contributed by atoms with Crippen molar-refractivity contribution in [1.82, 2.24) is 9.80 Å². The molecule has 20 heavy (non-hydrogen) atoms. The molecule has 1 saturated heterocycles. The minimum Gasteiger partial charge on any atom is -0.507 e. The number of hydrogen-bond acceptors (Lipinski definition) is 5. The number of phenolic OH excluding ortho intramolecular Hbond substituents is 1. The summed E-state index contributed by atoms with van der Waals surface area (Å²) >= 11 is 0. The fraction of sp³-hybridized carbons (Fsp3) is 0.600. The predicted molar refractivity (Wildman–Crippen MR) is 76.2 cm³/mol. The molecule has 1 aromatic rings. The van der Waals surface area contributed by atoms with Crippen LogP contribution in [0.2, 0.25) is 0 Å². The third-order valence-corrected chi connectivity index (χ3v) is 4.36. The molecule has 0 unspecified atom stereocenters. The van der Waals surface area contributed by atoms with Crippen molar-refractivity contribution in [1.29, 1.82) is 0 Å². The number of likely N-dealkylation sites (N-methyl/N-ethyl adjacent to an activating group) is 1. The Bertz CT molecular complexity index is 516. The van der Waals surface area contributed by atoms with Crippen LogP contribution in [-0.4, -0.2) is 53.9 Å². The van der Waals surface area contributed by atoms with Gasteiger partial charge in [-0.05, 0) is 27.0 Å². The van der Waals surface area contributed by atoms with E-state index in [1.54, 1.807) is 6.07 Å². The van der Waals surface area contributed by atoms with Gasteiger partial charge < -0.3 is 14.6 Å². The maximum Gasteiger partial charge on any atom is 0.231 e. The van der Waals surface area contributed by atoms with Crippen molar-refractivity contribution in [2.24, 2.45) is 0 Å². The number of phenols is 1. The summed E-state index contributed by atoms with van der Waals surface area (Å²) in [6, 6.07) is 3.54. The van der Waals surface area contributed by atoms with Gasteiger partial charge in [-0.2, -0.15) is 0 Å². The summed E-state index contributed by atoms with van der Waals surface area (Å²) in [7, 11) is 2.16. The van der Waals surface area contributed by atoms with Crippen LogP contribution in [-0.2, 0) is 6.54 Å². The zero-order valence-corrected chi connectivity index (χ0v) is 12.3. The summed E-state index contributed by atoms with van der Waals surface area (Å²) < 4.78 is 10.7. The highest BCUT2D eigenvalue weighted by molar-refractivity contribution is 5.51. The van der Waals surface area contributed by atoms with Crippen molar-refractivity contribution in [3.05, 3.63) is 17.7 Å². The molecule has 0 spiro atoms. The number of fused-ring (bicyclic) bond motifs is 1. The van der Waals surface area contributed by atoms with E-state index in [1.165, 1.54) is 0 Å². The van der Waals surface area contributed by atoms with Gasteiger partial charge in [0.15, 0.2) is 11.5 Å². The SMILES string of the molecule is CN1CCN(Cc2cc3c(cc2O)OCO3)CC1(C)C. The highest BCUT2D eigenvalue weighted by Gasteiger charge is 2.31. The molecular weight excluding hydrogens is 256 g/mol. The van der Waals surface area contributed by atoms with Crippen LogP contribution in [0.1, 0.15) is 19.4 Å². The van der Waals surface area contributed by atoms with E-state index in [0.29, 0.717) is 5.75 Å². The quantitative estimate of drug-likeness (QED) is 0.891. The van der Waals surface area contributed by atoms with E-state index in [2.05, 4.69) is 30.7 Å². The molecule has 0 saturated carbocycles. The zero-order valence-electron chi connectivity index (χ0n) is 12.3. The van der Waals surface area contributed by atoms with Crippen molar-refractivity contribution < 1.29 is 14.6 Å². The first kappa shape index (κ1) is 13.5. The standard InChI is InChI=1S/C15H22N2O3/c1-15(2)9-17(5-4-16(15)3)8-11-6-13-14(7-12(11)18)20-10-19-13/h6-7,18H,4-5,8-10H2,1-3H3. The van der Waals surface area contributed by atoms with Crippen molar-refractivity contribution >= 4 is 0 Å². The summed E-state index contributed by atoms with van der Waals surface area (Å²) in [4.78, 5) is 4.75. The van der Waals surface area contributed by atoms with E-state index < -0.39 is 0 Å². The van der Waals surface area contributed by atoms with Gasteiger partial charge in [-0.3, -0.25) is 9.80 Å². The summed E-state index contributed by atoms with van der Waals surface area (Å²) in [5, 5.41) is 10.1. The van der Waals surface area contributed by atoms with Gasteiger partial charge in [0.1, 0.15) is 5.75 Å². The molecule has 1 fully saturated rings. The average Bonchev–Trinajstić information content (AvgIpc) is 2.81. The Morgan fingerprint density at radius 3 is 2.60 bits per heavy atom. The minimum absolute atomic E-state index is 0.157. The molecular formula is C15H22N2O3. The molecule has 0 bridgehead atoms. The van der Waals surface area contributed by atoms with Crippen LogP contribution >= 0.6 is 0 Å². The number of aromatic hydroxyl groups is 1. The molecule has 5 heteroatoms. The first-order valence-corrected chi connectivity index (χ1v) is 7.01. The van der Waals surface area contributed by atoms with Crippen LogP contribution in [0, 0.1) is 0 Å². The first-order valence-electron chi connectivity index (χ1n) is 7.01. The van der Waals surface area contributed by atoms with Gasteiger partial charge in [0, 0.05) is 43.3 Å². The van der Waals surface area contributed by atoms with E-state index >= 15 is 0 Å². The average molecular weight is 278 g/mol. The molecule has 2 heterocycles. The molecule has 5 nitrogen and oxygen atoms in total. The molecule has 110 valence electrons. The maximum absolute atomic E-state index is 10.1. The Kier molecular flexibility index (Phi) is 3.26. The number of rotatable bonds is 2. The smallest absolute Gasteiger partial charge is 0.231 e. The Hall–Kier alpha value is -1.46.